The van der Waals surface area contributed by atoms with E-state index < -0.39 is 0 Å². The molecule has 1 aliphatic rings. The lowest BCUT2D eigenvalue weighted by Crippen LogP contribution is -2.34. The van der Waals surface area contributed by atoms with Crippen molar-refractivity contribution in [2.45, 2.75) is 39.2 Å². The number of carbonyl (C=O) groups is 2. The molecular formula is C22H27N3O3. The molecule has 6 heteroatoms. The van der Waals surface area contributed by atoms with Crippen molar-refractivity contribution in [3.8, 4) is 5.75 Å². The number of nitrogens with zero attached hydrogens (tertiary/aromatic N) is 1. The molecule has 6 nitrogen and oxygen atoms in total. The molecule has 0 radical (unpaired) electrons. The number of nitrogens with one attached hydrogen (secondary N) is 2. The van der Waals surface area contributed by atoms with E-state index in [2.05, 4.69) is 10.6 Å². The van der Waals surface area contributed by atoms with E-state index in [4.69, 9.17) is 4.74 Å². The van der Waals surface area contributed by atoms with Gasteiger partial charge < -0.3 is 20.3 Å². The summed E-state index contributed by atoms with van der Waals surface area (Å²) < 4.78 is 5.22. The van der Waals surface area contributed by atoms with Gasteiger partial charge in [-0.25, -0.2) is 4.79 Å². The fourth-order valence-corrected chi connectivity index (χ4v) is 3.45. The Labute approximate surface area is 165 Å². The van der Waals surface area contributed by atoms with Crippen molar-refractivity contribution in [1.82, 2.24) is 4.90 Å². The third-order valence-electron chi connectivity index (χ3n) is 5.10. The van der Waals surface area contributed by atoms with E-state index in [0.29, 0.717) is 24.3 Å². The number of aryl methyl sites for hydroxylation is 1. The van der Waals surface area contributed by atoms with E-state index in [1.807, 2.05) is 48.2 Å². The lowest BCUT2D eigenvalue weighted by molar-refractivity contribution is -0.115. The second kappa shape index (κ2) is 8.78. The standard InChI is InChI=1S/C22H27N3O3/c1-4-21(26)23-17-10-7-15(2)19(14-17)24-22(27)25-13-5-6-20(25)16-8-11-18(28-3)12-9-16/h7-12,14,20H,4-6,13H2,1-3H3,(H,23,26)(H,24,27). The SMILES string of the molecule is CCC(=O)Nc1ccc(C)c(NC(=O)N2CCCC2c2ccc(OC)cc2)c1. The third kappa shape index (κ3) is 4.44. The lowest BCUT2D eigenvalue weighted by atomic mass is 10.0. The summed E-state index contributed by atoms with van der Waals surface area (Å²) in [6.07, 6.45) is 2.31. The predicted octanol–water partition coefficient (Wildman–Crippen LogP) is 4.72. The van der Waals surface area contributed by atoms with Crippen molar-refractivity contribution in [1.29, 1.82) is 0 Å². The number of hydrogen-bond donors (Lipinski definition) is 2. The Hall–Kier alpha value is -3.02. The minimum atomic E-state index is -0.125. The molecule has 0 aromatic heterocycles. The summed E-state index contributed by atoms with van der Waals surface area (Å²) in [7, 11) is 1.64. The fraction of sp³-hybridized carbons (Fsp3) is 0.364. The summed E-state index contributed by atoms with van der Waals surface area (Å²) in [6.45, 7) is 4.46. The molecule has 28 heavy (non-hydrogen) atoms. The van der Waals surface area contributed by atoms with Gasteiger partial charge in [0.2, 0.25) is 5.91 Å². The number of benzene rings is 2. The van der Waals surface area contributed by atoms with Gasteiger partial charge in [0, 0.05) is 24.3 Å². The molecule has 148 valence electrons. The van der Waals surface area contributed by atoms with Crippen molar-refractivity contribution in [3.63, 3.8) is 0 Å². The molecule has 2 N–H and O–H groups in total. The molecule has 1 fully saturated rings. The smallest absolute Gasteiger partial charge is 0.322 e. The van der Waals surface area contributed by atoms with Gasteiger partial charge in [-0.2, -0.15) is 0 Å². The van der Waals surface area contributed by atoms with Crippen LogP contribution >= 0.6 is 0 Å². The molecule has 2 aromatic carbocycles. The number of amides is 3. The average molecular weight is 381 g/mol. The van der Waals surface area contributed by atoms with Crippen molar-refractivity contribution < 1.29 is 14.3 Å². The average Bonchev–Trinajstić information content (AvgIpc) is 3.20. The van der Waals surface area contributed by atoms with Gasteiger partial charge in [0.05, 0.1) is 13.2 Å². The number of urea groups is 1. The lowest BCUT2D eigenvalue weighted by Gasteiger charge is -2.26. The maximum absolute atomic E-state index is 13.0. The van der Waals surface area contributed by atoms with Crippen molar-refractivity contribution in [2.24, 2.45) is 0 Å². The van der Waals surface area contributed by atoms with Crippen LogP contribution in [0.25, 0.3) is 0 Å². The zero-order valence-electron chi connectivity index (χ0n) is 16.6. The number of rotatable bonds is 5. The molecule has 1 atom stereocenters. The highest BCUT2D eigenvalue weighted by atomic mass is 16.5. The van der Waals surface area contributed by atoms with E-state index in [9.17, 15) is 9.59 Å². The Bertz CT molecular complexity index is 849. The predicted molar refractivity (Wildman–Crippen MR) is 111 cm³/mol. The summed E-state index contributed by atoms with van der Waals surface area (Å²) >= 11 is 0. The van der Waals surface area contributed by atoms with Gasteiger partial charge in [-0.1, -0.05) is 25.1 Å². The number of ether oxygens (including phenoxy) is 1. The third-order valence-corrected chi connectivity index (χ3v) is 5.10. The Balaban J connectivity index is 1.74. The number of hydrogen-bond acceptors (Lipinski definition) is 3. The molecule has 1 unspecified atom stereocenters. The summed E-state index contributed by atoms with van der Waals surface area (Å²) in [5.74, 6) is 0.750. The molecule has 1 heterocycles. The molecule has 1 aliphatic heterocycles. The molecule has 3 rings (SSSR count). The Morgan fingerprint density at radius 3 is 2.57 bits per heavy atom. The molecular weight excluding hydrogens is 354 g/mol. The highest BCUT2D eigenvalue weighted by molar-refractivity contribution is 5.94. The molecule has 0 bridgehead atoms. The van der Waals surface area contributed by atoms with Gasteiger partial charge in [0.1, 0.15) is 5.75 Å². The molecule has 0 spiro atoms. The van der Waals surface area contributed by atoms with Gasteiger partial charge >= 0.3 is 6.03 Å². The number of carbonyl (C=O) groups excluding carboxylic acids is 2. The van der Waals surface area contributed by atoms with Crippen LogP contribution < -0.4 is 15.4 Å². The van der Waals surface area contributed by atoms with Crippen molar-refractivity contribution >= 4 is 23.3 Å². The van der Waals surface area contributed by atoms with Crippen molar-refractivity contribution in [3.05, 3.63) is 53.6 Å². The second-order valence-corrected chi connectivity index (χ2v) is 6.99. The quantitative estimate of drug-likeness (QED) is 0.787. The first-order chi connectivity index (χ1) is 13.5. The van der Waals surface area contributed by atoms with E-state index in [1.54, 1.807) is 20.1 Å². The summed E-state index contributed by atoms with van der Waals surface area (Å²) in [6, 6.07) is 13.3. The van der Waals surface area contributed by atoms with Gasteiger partial charge in [-0.15, -0.1) is 0 Å². The van der Waals surface area contributed by atoms with Crippen LogP contribution in [0.15, 0.2) is 42.5 Å². The molecule has 3 amide bonds. The second-order valence-electron chi connectivity index (χ2n) is 6.99. The van der Waals surface area contributed by atoms with Crippen LogP contribution in [0, 0.1) is 6.92 Å². The topological polar surface area (TPSA) is 70.7 Å². The van der Waals surface area contributed by atoms with E-state index in [0.717, 1.165) is 29.7 Å². The Morgan fingerprint density at radius 2 is 1.89 bits per heavy atom. The summed E-state index contributed by atoms with van der Waals surface area (Å²) in [5.41, 5.74) is 3.44. The summed E-state index contributed by atoms with van der Waals surface area (Å²) in [4.78, 5) is 26.5. The van der Waals surface area contributed by atoms with Crippen molar-refractivity contribution in [2.75, 3.05) is 24.3 Å². The first kappa shape index (κ1) is 19.7. The normalized spacial score (nSPS) is 16.0. The fourth-order valence-electron chi connectivity index (χ4n) is 3.45. The van der Waals surface area contributed by atoms with Gasteiger partial charge in [-0.05, 0) is 55.2 Å². The highest BCUT2D eigenvalue weighted by Gasteiger charge is 2.30. The van der Waals surface area contributed by atoms with Gasteiger partial charge in [0.15, 0.2) is 0 Å². The zero-order chi connectivity index (χ0) is 20.1. The van der Waals surface area contributed by atoms with Crippen LogP contribution in [0.1, 0.15) is 43.4 Å². The minimum absolute atomic E-state index is 0.0502. The minimum Gasteiger partial charge on any atom is -0.497 e. The number of methoxy groups -OCH3 is 1. The molecule has 0 saturated carbocycles. The van der Waals surface area contributed by atoms with E-state index >= 15 is 0 Å². The van der Waals surface area contributed by atoms with Gasteiger partial charge in [-0.3, -0.25) is 4.79 Å². The van der Waals surface area contributed by atoms with E-state index in [1.165, 1.54) is 0 Å². The van der Waals surface area contributed by atoms with Gasteiger partial charge in [0.25, 0.3) is 0 Å². The summed E-state index contributed by atoms with van der Waals surface area (Å²) in [5, 5.41) is 5.85. The van der Waals surface area contributed by atoms with Crippen LogP contribution in [-0.4, -0.2) is 30.5 Å². The van der Waals surface area contributed by atoms with Crippen LogP contribution in [-0.2, 0) is 4.79 Å². The first-order valence-corrected chi connectivity index (χ1v) is 9.64. The highest BCUT2D eigenvalue weighted by Crippen LogP contribution is 2.33. The van der Waals surface area contributed by atoms with Crippen LogP contribution in [0.4, 0.5) is 16.2 Å². The monoisotopic (exact) mass is 381 g/mol. The largest absolute Gasteiger partial charge is 0.497 e. The van der Waals surface area contributed by atoms with E-state index in [-0.39, 0.29) is 18.0 Å². The Morgan fingerprint density at radius 1 is 1.14 bits per heavy atom. The maximum atomic E-state index is 13.0. The molecule has 2 aromatic rings. The maximum Gasteiger partial charge on any atom is 0.322 e. The number of anilines is 2. The Kier molecular flexibility index (Phi) is 6.19. The zero-order valence-corrected chi connectivity index (χ0v) is 16.6. The first-order valence-electron chi connectivity index (χ1n) is 9.64. The van der Waals surface area contributed by atoms with Crippen LogP contribution in [0.3, 0.4) is 0 Å². The molecule has 0 aliphatic carbocycles. The van der Waals surface area contributed by atoms with Crippen LogP contribution in [0.5, 0.6) is 5.75 Å². The van der Waals surface area contributed by atoms with Crippen LogP contribution in [0.2, 0.25) is 0 Å². The number of likely N-dealkylation sites (tertiary alicyclic amines) is 1. The molecule has 1 saturated heterocycles.